The highest BCUT2D eigenvalue weighted by atomic mass is 16.1. The van der Waals surface area contributed by atoms with Crippen molar-refractivity contribution in [2.75, 3.05) is 0 Å². The minimum atomic E-state index is 0.0746. The van der Waals surface area contributed by atoms with Crippen LogP contribution < -0.4 is 5.32 Å². The fourth-order valence-electron chi connectivity index (χ4n) is 1.56. The first-order chi connectivity index (χ1) is 6.25. The lowest BCUT2D eigenvalue weighted by molar-refractivity contribution is -0.123. The molecule has 1 amide bonds. The van der Waals surface area contributed by atoms with Gasteiger partial charge in [-0.1, -0.05) is 23.8 Å². The molecular formula is C11H15NO. The van der Waals surface area contributed by atoms with Gasteiger partial charge in [-0.15, -0.1) is 0 Å². The molecule has 0 heterocycles. The van der Waals surface area contributed by atoms with Crippen molar-refractivity contribution < 1.29 is 4.79 Å². The second kappa shape index (κ2) is 3.36. The molecule has 0 bridgehead atoms. The van der Waals surface area contributed by atoms with Gasteiger partial charge in [0.25, 0.3) is 0 Å². The van der Waals surface area contributed by atoms with Crippen molar-refractivity contribution in [2.24, 2.45) is 5.92 Å². The number of rotatable bonds is 2. The number of nitrogens with one attached hydrogen (secondary N) is 1. The lowest BCUT2D eigenvalue weighted by Gasteiger charge is -2.14. The Labute approximate surface area is 78.7 Å². The van der Waals surface area contributed by atoms with Crippen LogP contribution in [0.3, 0.4) is 0 Å². The largest absolute Gasteiger partial charge is 0.353 e. The number of carbonyl (C=O) groups is 1. The molecule has 0 aromatic heterocycles. The molecule has 0 saturated heterocycles. The van der Waals surface area contributed by atoms with Crippen LogP contribution in [0.1, 0.15) is 26.2 Å². The van der Waals surface area contributed by atoms with E-state index in [-0.39, 0.29) is 11.8 Å². The van der Waals surface area contributed by atoms with E-state index in [1.165, 1.54) is 5.57 Å². The molecule has 1 fully saturated rings. The molecule has 2 aliphatic rings. The molecule has 0 radical (unpaired) electrons. The summed E-state index contributed by atoms with van der Waals surface area (Å²) in [5.41, 5.74) is 1.20. The summed E-state index contributed by atoms with van der Waals surface area (Å²) in [5, 5.41) is 3.03. The second-order valence-electron chi connectivity index (χ2n) is 3.94. The maximum Gasteiger partial charge on any atom is 0.227 e. The van der Waals surface area contributed by atoms with Crippen LogP contribution in [0.15, 0.2) is 23.8 Å². The molecular weight excluding hydrogens is 162 g/mol. The van der Waals surface area contributed by atoms with Gasteiger partial charge in [0.1, 0.15) is 0 Å². The monoisotopic (exact) mass is 177 g/mol. The normalized spacial score (nSPS) is 26.8. The molecule has 2 aliphatic carbocycles. The van der Waals surface area contributed by atoms with Gasteiger partial charge in [0, 0.05) is 6.04 Å². The molecule has 0 spiro atoms. The van der Waals surface area contributed by atoms with Crippen LogP contribution in [-0.4, -0.2) is 11.9 Å². The van der Waals surface area contributed by atoms with Crippen molar-refractivity contribution in [3.8, 4) is 0 Å². The number of carbonyl (C=O) groups excluding carboxylic acids is 1. The Morgan fingerprint density at radius 1 is 1.54 bits per heavy atom. The SMILES string of the molecule is CC1=CC(C(=O)NC2CC2)CC=C1. The quantitative estimate of drug-likeness (QED) is 0.684. The Morgan fingerprint density at radius 3 is 2.92 bits per heavy atom. The van der Waals surface area contributed by atoms with E-state index in [0.29, 0.717) is 6.04 Å². The zero-order chi connectivity index (χ0) is 9.26. The van der Waals surface area contributed by atoms with E-state index in [4.69, 9.17) is 0 Å². The van der Waals surface area contributed by atoms with Crippen LogP contribution in [0.5, 0.6) is 0 Å². The summed E-state index contributed by atoms with van der Waals surface area (Å²) >= 11 is 0. The minimum absolute atomic E-state index is 0.0746. The summed E-state index contributed by atoms with van der Waals surface area (Å²) in [6.45, 7) is 2.03. The first-order valence-corrected chi connectivity index (χ1v) is 4.91. The highest BCUT2D eigenvalue weighted by molar-refractivity contribution is 5.81. The van der Waals surface area contributed by atoms with E-state index in [1.807, 2.05) is 6.92 Å². The standard InChI is InChI=1S/C11H15NO/c1-8-3-2-4-9(7-8)11(13)12-10-5-6-10/h2-3,7,9-10H,4-6H2,1H3,(H,12,13). The first-order valence-electron chi connectivity index (χ1n) is 4.91. The smallest absolute Gasteiger partial charge is 0.227 e. The van der Waals surface area contributed by atoms with Crippen molar-refractivity contribution >= 4 is 5.91 Å². The number of hydrogen-bond donors (Lipinski definition) is 1. The summed E-state index contributed by atoms with van der Waals surface area (Å²) in [6, 6.07) is 0.479. The molecule has 0 aromatic rings. The molecule has 13 heavy (non-hydrogen) atoms. The summed E-state index contributed by atoms with van der Waals surface area (Å²) in [7, 11) is 0. The second-order valence-corrected chi connectivity index (χ2v) is 3.94. The van der Waals surface area contributed by atoms with Crippen LogP contribution in [0.2, 0.25) is 0 Å². The number of allylic oxidation sites excluding steroid dienone is 3. The average Bonchev–Trinajstić information content (AvgIpc) is 2.88. The molecule has 1 N–H and O–H groups in total. The third-order valence-electron chi connectivity index (χ3n) is 2.50. The molecule has 2 rings (SSSR count). The van der Waals surface area contributed by atoms with Gasteiger partial charge in [-0.25, -0.2) is 0 Å². The topological polar surface area (TPSA) is 29.1 Å². The zero-order valence-electron chi connectivity index (χ0n) is 7.92. The van der Waals surface area contributed by atoms with E-state index in [9.17, 15) is 4.79 Å². The van der Waals surface area contributed by atoms with Gasteiger partial charge >= 0.3 is 0 Å². The molecule has 70 valence electrons. The molecule has 2 nitrogen and oxygen atoms in total. The third kappa shape index (κ3) is 2.20. The van der Waals surface area contributed by atoms with Gasteiger partial charge in [0.05, 0.1) is 5.92 Å². The van der Waals surface area contributed by atoms with Crippen LogP contribution in [0.25, 0.3) is 0 Å². The molecule has 1 atom stereocenters. The summed E-state index contributed by atoms with van der Waals surface area (Å²) in [5.74, 6) is 0.275. The molecule has 1 unspecified atom stereocenters. The van der Waals surface area contributed by atoms with Gasteiger partial charge in [-0.2, -0.15) is 0 Å². The van der Waals surface area contributed by atoms with E-state index < -0.39 is 0 Å². The zero-order valence-corrected chi connectivity index (χ0v) is 7.92. The maximum atomic E-state index is 11.6. The van der Waals surface area contributed by atoms with Gasteiger partial charge in [-0.05, 0) is 26.2 Å². The van der Waals surface area contributed by atoms with Gasteiger partial charge < -0.3 is 5.32 Å². The van der Waals surface area contributed by atoms with Gasteiger partial charge in [0.15, 0.2) is 0 Å². The Kier molecular flexibility index (Phi) is 2.21. The predicted octanol–water partition coefficient (Wildman–Crippen LogP) is 1.79. The van der Waals surface area contributed by atoms with Crippen molar-refractivity contribution in [2.45, 2.75) is 32.2 Å². The Hall–Kier alpha value is -1.05. The lowest BCUT2D eigenvalue weighted by atomic mass is 9.96. The third-order valence-corrected chi connectivity index (χ3v) is 2.50. The summed E-state index contributed by atoms with van der Waals surface area (Å²) in [6.07, 6.45) is 9.38. The van der Waals surface area contributed by atoms with E-state index >= 15 is 0 Å². The Balaban J connectivity index is 1.92. The fraction of sp³-hybridized carbons (Fsp3) is 0.545. The minimum Gasteiger partial charge on any atom is -0.353 e. The van der Waals surface area contributed by atoms with Gasteiger partial charge in [0.2, 0.25) is 5.91 Å². The number of amides is 1. The summed E-state index contributed by atoms with van der Waals surface area (Å²) in [4.78, 5) is 11.6. The molecule has 0 aliphatic heterocycles. The van der Waals surface area contributed by atoms with Crippen molar-refractivity contribution in [1.29, 1.82) is 0 Å². The van der Waals surface area contributed by atoms with Gasteiger partial charge in [-0.3, -0.25) is 4.79 Å². The lowest BCUT2D eigenvalue weighted by Crippen LogP contribution is -2.31. The van der Waals surface area contributed by atoms with Crippen LogP contribution >= 0.6 is 0 Å². The summed E-state index contributed by atoms with van der Waals surface area (Å²) < 4.78 is 0. The molecule has 0 aromatic carbocycles. The first kappa shape index (κ1) is 8.54. The van der Waals surface area contributed by atoms with Crippen LogP contribution in [0.4, 0.5) is 0 Å². The van der Waals surface area contributed by atoms with Crippen molar-refractivity contribution in [1.82, 2.24) is 5.32 Å². The van der Waals surface area contributed by atoms with E-state index in [1.54, 1.807) is 0 Å². The molecule has 1 saturated carbocycles. The Bertz CT molecular complexity index is 274. The maximum absolute atomic E-state index is 11.6. The van der Waals surface area contributed by atoms with Crippen molar-refractivity contribution in [3.63, 3.8) is 0 Å². The molecule has 2 heteroatoms. The van der Waals surface area contributed by atoms with Crippen LogP contribution in [0, 0.1) is 5.92 Å². The highest BCUT2D eigenvalue weighted by Crippen LogP contribution is 2.22. The Morgan fingerprint density at radius 2 is 2.31 bits per heavy atom. The predicted molar refractivity (Wildman–Crippen MR) is 52.2 cm³/mol. The van der Waals surface area contributed by atoms with E-state index in [2.05, 4.69) is 23.5 Å². The van der Waals surface area contributed by atoms with E-state index in [0.717, 1.165) is 19.3 Å². The van der Waals surface area contributed by atoms with Crippen molar-refractivity contribution in [3.05, 3.63) is 23.8 Å². The fourth-order valence-corrected chi connectivity index (χ4v) is 1.56. The highest BCUT2D eigenvalue weighted by Gasteiger charge is 2.26. The van der Waals surface area contributed by atoms with Crippen LogP contribution in [-0.2, 0) is 4.79 Å². The number of hydrogen-bond acceptors (Lipinski definition) is 1. The average molecular weight is 177 g/mol.